The number of benzene rings is 1. The van der Waals surface area contributed by atoms with Crippen LogP contribution >= 0.6 is 15.9 Å². The lowest BCUT2D eigenvalue weighted by Gasteiger charge is -2.28. The first kappa shape index (κ1) is 10.6. The Morgan fingerprint density at radius 1 is 1.40 bits per heavy atom. The molecule has 1 saturated heterocycles. The van der Waals surface area contributed by atoms with Crippen molar-refractivity contribution >= 4 is 21.8 Å². The molecule has 1 amide bonds. The summed E-state index contributed by atoms with van der Waals surface area (Å²) in [6.07, 6.45) is 1.23. The summed E-state index contributed by atoms with van der Waals surface area (Å²) in [5.41, 5.74) is 6.92. The maximum atomic E-state index is 11.4. The minimum Gasteiger partial charge on any atom is -0.349 e. The molecule has 1 aliphatic rings. The summed E-state index contributed by atoms with van der Waals surface area (Å²) in [6.45, 7) is 0. The Hall–Kier alpha value is -0.870. The van der Waals surface area contributed by atoms with Gasteiger partial charge in [-0.1, -0.05) is 34.1 Å². The van der Waals surface area contributed by atoms with Gasteiger partial charge in [0.2, 0.25) is 5.91 Å². The highest BCUT2D eigenvalue weighted by Crippen LogP contribution is 2.28. The van der Waals surface area contributed by atoms with Gasteiger partial charge in [-0.3, -0.25) is 4.79 Å². The molecule has 1 fully saturated rings. The molecule has 80 valence electrons. The fourth-order valence-corrected chi connectivity index (χ4v) is 2.46. The van der Waals surface area contributed by atoms with Gasteiger partial charge < -0.3 is 11.1 Å². The molecule has 15 heavy (non-hydrogen) atoms. The second-order valence-electron chi connectivity index (χ2n) is 3.84. The quantitative estimate of drug-likeness (QED) is 0.815. The highest BCUT2D eigenvalue weighted by atomic mass is 79.9. The Bertz CT molecular complexity index is 381. The van der Waals surface area contributed by atoms with Crippen molar-refractivity contribution in [2.24, 2.45) is 5.73 Å². The normalized spacial score (nSPS) is 26.1. The van der Waals surface area contributed by atoms with E-state index in [1.54, 1.807) is 0 Å². The summed E-state index contributed by atoms with van der Waals surface area (Å²) < 4.78 is 1.02. The summed E-state index contributed by atoms with van der Waals surface area (Å²) in [7, 11) is 0. The van der Waals surface area contributed by atoms with Crippen LogP contribution in [0.4, 0.5) is 0 Å². The second-order valence-corrected chi connectivity index (χ2v) is 4.70. The number of hydrogen-bond acceptors (Lipinski definition) is 2. The largest absolute Gasteiger partial charge is 0.349 e. The van der Waals surface area contributed by atoms with E-state index in [0.717, 1.165) is 16.5 Å². The fourth-order valence-electron chi connectivity index (χ4n) is 1.90. The van der Waals surface area contributed by atoms with Crippen LogP contribution in [0.1, 0.15) is 24.4 Å². The van der Waals surface area contributed by atoms with Crippen molar-refractivity contribution in [3.8, 4) is 0 Å². The molecule has 2 atom stereocenters. The lowest BCUT2D eigenvalue weighted by Crippen LogP contribution is -2.42. The summed E-state index contributed by atoms with van der Waals surface area (Å²) in [5, 5.41) is 2.95. The van der Waals surface area contributed by atoms with Crippen LogP contribution in [0.5, 0.6) is 0 Å². The summed E-state index contributed by atoms with van der Waals surface area (Å²) in [5.74, 6) is 0.0366. The monoisotopic (exact) mass is 268 g/mol. The Balaban J connectivity index is 2.23. The number of nitrogens with two attached hydrogens (primary N) is 1. The van der Waals surface area contributed by atoms with Crippen LogP contribution < -0.4 is 11.1 Å². The standard InChI is InChI=1S/C11H13BrN2O/c12-9-4-2-1-3-8(9)10-5-7(13)6-11(15)14-10/h1-4,7,10H,5-6,13H2,(H,14,15). The Morgan fingerprint density at radius 3 is 2.80 bits per heavy atom. The van der Waals surface area contributed by atoms with Gasteiger partial charge in [-0.2, -0.15) is 0 Å². The Morgan fingerprint density at radius 2 is 2.13 bits per heavy atom. The molecular formula is C11H13BrN2O. The number of rotatable bonds is 1. The Labute approximate surface area is 97.2 Å². The molecule has 1 aliphatic heterocycles. The molecule has 2 rings (SSSR count). The smallest absolute Gasteiger partial charge is 0.222 e. The van der Waals surface area contributed by atoms with E-state index in [9.17, 15) is 4.79 Å². The average Bonchev–Trinajstić information content (AvgIpc) is 2.16. The number of hydrogen-bond donors (Lipinski definition) is 2. The number of piperidine rings is 1. The van der Waals surface area contributed by atoms with E-state index >= 15 is 0 Å². The molecular weight excluding hydrogens is 256 g/mol. The van der Waals surface area contributed by atoms with Crippen LogP contribution in [0.2, 0.25) is 0 Å². The molecule has 4 heteroatoms. The molecule has 1 aromatic rings. The third-order valence-corrected chi connectivity index (χ3v) is 3.32. The van der Waals surface area contributed by atoms with Gasteiger partial charge in [0.25, 0.3) is 0 Å². The van der Waals surface area contributed by atoms with Gasteiger partial charge in [0.15, 0.2) is 0 Å². The number of amides is 1. The van der Waals surface area contributed by atoms with Crippen molar-refractivity contribution in [3.05, 3.63) is 34.3 Å². The van der Waals surface area contributed by atoms with E-state index in [1.807, 2.05) is 24.3 Å². The highest BCUT2D eigenvalue weighted by Gasteiger charge is 2.26. The minimum absolute atomic E-state index is 0.0316. The van der Waals surface area contributed by atoms with Crippen molar-refractivity contribution < 1.29 is 4.79 Å². The van der Waals surface area contributed by atoms with Crippen molar-refractivity contribution in [1.29, 1.82) is 0 Å². The zero-order valence-electron chi connectivity index (χ0n) is 8.24. The third-order valence-electron chi connectivity index (χ3n) is 2.60. The highest BCUT2D eigenvalue weighted by molar-refractivity contribution is 9.10. The van der Waals surface area contributed by atoms with Crippen molar-refractivity contribution in [2.45, 2.75) is 24.9 Å². The van der Waals surface area contributed by atoms with Crippen LogP contribution in [-0.2, 0) is 4.79 Å². The third kappa shape index (κ3) is 2.38. The van der Waals surface area contributed by atoms with Crippen molar-refractivity contribution in [1.82, 2.24) is 5.32 Å². The molecule has 0 spiro atoms. The molecule has 0 aliphatic carbocycles. The number of nitrogens with one attached hydrogen (secondary N) is 1. The van der Waals surface area contributed by atoms with E-state index < -0.39 is 0 Å². The Kier molecular flexibility index (Phi) is 3.07. The van der Waals surface area contributed by atoms with Gasteiger partial charge in [-0.05, 0) is 18.1 Å². The van der Waals surface area contributed by atoms with Crippen molar-refractivity contribution in [3.63, 3.8) is 0 Å². The lowest BCUT2D eigenvalue weighted by atomic mass is 9.94. The SMILES string of the molecule is NC1CC(=O)NC(c2ccccc2Br)C1. The summed E-state index contributed by atoms with van der Waals surface area (Å²) in [4.78, 5) is 11.4. The van der Waals surface area contributed by atoms with Gasteiger partial charge in [-0.25, -0.2) is 0 Å². The van der Waals surface area contributed by atoms with E-state index in [-0.39, 0.29) is 18.0 Å². The molecule has 1 heterocycles. The zero-order chi connectivity index (χ0) is 10.8. The molecule has 0 saturated carbocycles. The lowest BCUT2D eigenvalue weighted by molar-refractivity contribution is -0.123. The average molecular weight is 269 g/mol. The first-order valence-corrected chi connectivity index (χ1v) is 5.75. The van der Waals surface area contributed by atoms with Gasteiger partial charge in [0, 0.05) is 16.9 Å². The maximum Gasteiger partial charge on any atom is 0.222 e. The van der Waals surface area contributed by atoms with Gasteiger partial charge in [0.05, 0.1) is 6.04 Å². The minimum atomic E-state index is -0.0316. The number of carbonyl (C=O) groups is 1. The van der Waals surface area contributed by atoms with E-state index in [4.69, 9.17) is 5.73 Å². The van der Waals surface area contributed by atoms with Crippen LogP contribution in [0.15, 0.2) is 28.7 Å². The predicted molar refractivity (Wildman–Crippen MR) is 62.2 cm³/mol. The first-order valence-electron chi connectivity index (χ1n) is 4.96. The van der Waals surface area contributed by atoms with E-state index in [2.05, 4.69) is 21.2 Å². The molecule has 0 radical (unpaired) electrons. The molecule has 0 aromatic heterocycles. The molecule has 1 aromatic carbocycles. The number of halogens is 1. The second kappa shape index (κ2) is 4.33. The van der Waals surface area contributed by atoms with Crippen molar-refractivity contribution in [2.75, 3.05) is 0 Å². The van der Waals surface area contributed by atoms with Gasteiger partial charge >= 0.3 is 0 Å². The van der Waals surface area contributed by atoms with E-state index in [1.165, 1.54) is 0 Å². The van der Waals surface area contributed by atoms with Crippen LogP contribution in [0.25, 0.3) is 0 Å². The molecule has 3 nitrogen and oxygen atoms in total. The predicted octanol–water partition coefficient (Wildman–Crippen LogP) is 1.73. The van der Waals surface area contributed by atoms with Crippen LogP contribution in [-0.4, -0.2) is 11.9 Å². The van der Waals surface area contributed by atoms with Crippen LogP contribution in [0, 0.1) is 0 Å². The molecule has 2 unspecified atom stereocenters. The first-order chi connectivity index (χ1) is 7.16. The summed E-state index contributed by atoms with van der Waals surface area (Å²) in [6, 6.07) is 7.91. The molecule has 3 N–H and O–H groups in total. The van der Waals surface area contributed by atoms with Crippen LogP contribution in [0.3, 0.4) is 0 Å². The summed E-state index contributed by atoms with van der Waals surface area (Å²) >= 11 is 3.48. The molecule has 0 bridgehead atoms. The van der Waals surface area contributed by atoms with Gasteiger partial charge in [0.1, 0.15) is 0 Å². The maximum absolute atomic E-state index is 11.4. The van der Waals surface area contributed by atoms with E-state index in [0.29, 0.717) is 6.42 Å². The fraction of sp³-hybridized carbons (Fsp3) is 0.364. The van der Waals surface area contributed by atoms with Gasteiger partial charge in [-0.15, -0.1) is 0 Å². The zero-order valence-corrected chi connectivity index (χ0v) is 9.83. The number of carbonyl (C=O) groups excluding carboxylic acids is 1. The topological polar surface area (TPSA) is 55.1 Å².